The van der Waals surface area contributed by atoms with E-state index in [0.29, 0.717) is 22.8 Å². The lowest BCUT2D eigenvalue weighted by Crippen LogP contribution is -2.32. The van der Waals surface area contributed by atoms with Crippen molar-refractivity contribution < 1.29 is 0 Å². The maximum absolute atomic E-state index is 11.8. The SMILES string of the molecule is CC(C)Cn1c(=O)[nH]c(=O)c2nc(Br)n(C)c21. The Morgan fingerprint density at radius 1 is 1.41 bits per heavy atom. The van der Waals surface area contributed by atoms with Gasteiger partial charge in [-0.2, -0.15) is 0 Å². The van der Waals surface area contributed by atoms with Crippen molar-refractivity contribution >= 4 is 27.1 Å². The Morgan fingerprint density at radius 3 is 2.65 bits per heavy atom. The van der Waals surface area contributed by atoms with E-state index in [1.807, 2.05) is 13.8 Å². The highest BCUT2D eigenvalue weighted by atomic mass is 79.9. The fraction of sp³-hybridized carbons (Fsp3) is 0.500. The maximum Gasteiger partial charge on any atom is 0.330 e. The molecule has 2 aromatic rings. The number of H-pyrrole nitrogens is 1. The number of imidazole rings is 1. The molecule has 0 atom stereocenters. The summed E-state index contributed by atoms with van der Waals surface area (Å²) < 4.78 is 3.76. The van der Waals surface area contributed by atoms with E-state index in [4.69, 9.17) is 0 Å². The van der Waals surface area contributed by atoms with Gasteiger partial charge in [0.1, 0.15) is 0 Å². The summed E-state index contributed by atoms with van der Waals surface area (Å²) in [5, 5.41) is 0. The first-order valence-electron chi connectivity index (χ1n) is 5.27. The van der Waals surface area contributed by atoms with Crippen molar-refractivity contribution in [1.29, 1.82) is 0 Å². The molecule has 0 amide bonds. The zero-order chi connectivity index (χ0) is 12.7. The van der Waals surface area contributed by atoms with Gasteiger partial charge in [0, 0.05) is 13.6 Å². The van der Waals surface area contributed by atoms with Gasteiger partial charge in [-0.25, -0.2) is 9.78 Å². The molecule has 0 saturated carbocycles. The van der Waals surface area contributed by atoms with Crippen LogP contribution in [0.1, 0.15) is 13.8 Å². The van der Waals surface area contributed by atoms with E-state index in [1.54, 1.807) is 16.2 Å². The Hall–Kier alpha value is -1.37. The molecular formula is C10H13BrN4O2. The molecule has 2 aromatic heterocycles. The number of hydrogen-bond acceptors (Lipinski definition) is 3. The number of aromatic nitrogens is 4. The van der Waals surface area contributed by atoms with Crippen LogP contribution in [0.3, 0.4) is 0 Å². The van der Waals surface area contributed by atoms with Gasteiger partial charge in [-0.3, -0.25) is 14.3 Å². The van der Waals surface area contributed by atoms with Crippen molar-refractivity contribution in [2.24, 2.45) is 13.0 Å². The Labute approximate surface area is 105 Å². The quantitative estimate of drug-likeness (QED) is 0.836. The monoisotopic (exact) mass is 300 g/mol. The first-order valence-corrected chi connectivity index (χ1v) is 6.06. The summed E-state index contributed by atoms with van der Waals surface area (Å²) >= 11 is 3.25. The van der Waals surface area contributed by atoms with Gasteiger partial charge < -0.3 is 4.57 Å². The number of aryl methyl sites for hydroxylation is 1. The molecule has 0 unspecified atom stereocenters. The number of aromatic amines is 1. The first kappa shape index (κ1) is 12.1. The second-order valence-corrected chi connectivity index (χ2v) is 5.09. The van der Waals surface area contributed by atoms with Crippen LogP contribution < -0.4 is 11.2 Å². The topological polar surface area (TPSA) is 72.7 Å². The molecular weight excluding hydrogens is 288 g/mol. The van der Waals surface area contributed by atoms with E-state index in [1.165, 1.54) is 0 Å². The normalized spacial score (nSPS) is 11.6. The molecule has 2 heterocycles. The largest absolute Gasteiger partial charge is 0.330 e. The van der Waals surface area contributed by atoms with Crippen molar-refractivity contribution in [1.82, 2.24) is 19.1 Å². The van der Waals surface area contributed by atoms with Crippen molar-refractivity contribution in [3.05, 3.63) is 25.6 Å². The summed E-state index contributed by atoms with van der Waals surface area (Å²) in [4.78, 5) is 29.8. The third-order valence-electron chi connectivity index (χ3n) is 2.49. The molecule has 2 rings (SSSR count). The maximum atomic E-state index is 11.8. The zero-order valence-electron chi connectivity index (χ0n) is 9.82. The molecule has 0 aliphatic heterocycles. The lowest BCUT2D eigenvalue weighted by Gasteiger charge is -2.10. The van der Waals surface area contributed by atoms with E-state index in [9.17, 15) is 9.59 Å². The van der Waals surface area contributed by atoms with E-state index in [0.717, 1.165) is 0 Å². The Balaban J connectivity index is 2.90. The molecule has 17 heavy (non-hydrogen) atoms. The van der Waals surface area contributed by atoms with Gasteiger partial charge in [0.2, 0.25) is 0 Å². The van der Waals surface area contributed by atoms with E-state index < -0.39 is 11.2 Å². The molecule has 0 aromatic carbocycles. The standard InChI is InChI=1S/C10H13BrN4O2/c1-5(2)4-15-8-6(7(16)13-10(15)17)12-9(11)14(8)3/h5H,4H2,1-3H3,(H,13,16,17). The lowest BCUT2D eigenvalue weighted by molar-refractivity contribution is 0.509. The lowest BCUT2D eigenvalue weighted by atomic mass is 10.2. The van der Waals surface area contributed by atoms with Crippen LogP contribution in [0.15, 0.2) is 14.3 Å². The molecule has 0 saturated heterocycles. The molecule has 0 radical (unpaired) electrons. The Morgan fingerprint density at radius 2 is 2.06 bits per heavy atom. The van der Waals surface area contributed by atoms with E-state index in [2.05, 4.69) is 25.9 Å². The smallest absolute Gasteiger partial charge is 0.307 e. The van der Waals surface area contributed by atoms with Gasteiger partial charge in [-0.1, -0.05) is 13.8 Å². The van der Waals surface area contributed by atoms with Gasteiger partial charge >= 0.3 is 5.69 Å². The van der Waals surface area contributed by atoms with E-state index >= 15 is 0 Å². The highest BCUT2D eigenvalue weighted by Gasteiger charge is 2.15. The van der Waals surface area contributed by atoms with E-state index in [-0.39, 0.29) is 5.52 Å². The second-order valence-electron chi connectivity index (χ2n) is 4.38. The van der Waals surface area contributed by atoms with Crippen LogP contribution in [0, 0.1) is 5.92 Å². The van der Waals surface area contributed by atoms with Crippen LogP contribution in [0.25, 0.3) is 11.2 Å². The predicted molar refractivity (Wildman–Crippen MR) is 68.1 cm³/mol. The third kappa shape index (κ3) is 1.95. The minimum atomic E-state index is -0.452. The van der Waals surface area contributed by atoms with Crippen molar-refractivity contribution in [2.75, 3.05) is 0 Å². The van der Waals surface area contributed by atoms with Gasteiger partial charge in [0.25, 0.3) is 5.56 Å². The fourth-order valence-corrected chi connectivity index (χ4v) is 2.12. The number of rotatable bonds is 2. The van der Waals surface area contributed by atoms with Gasteiger partial charge in [-0.15, -0.1) is 0 Å². The zero-order valence-corrected chi connectivity index (χ0v) is 11.4. The van der Waals surface area contributed by atoms with Crippen LogP contribution >= 0.6 is 15.9 Å². The van der Waals surface area contributed by atoms with Crippen LogP contribution in [-0.2, 0) is 13.6 Å². The molecule has 7 heteroatoms. The number of nitrogens with zero attached hydrogens (tertiary/aromatic N) is 3. The molecule has 0 aliphatic rings. The predicted octanol–water partition coefficient (Wildman–Crippen LogP) is 0.842. The van der Waals surface area contributed by atoms with Gasteiger partial charge in [0.15, 0.2) is 15.9 Å². The minimum Gasteiger partial charge on any atom is -0.307 e. The summed E-state index contributed by atoms with van der Waals surface area (Å²) in [6.45, 7) is 4.56. The van der Waals surface area contributed by atoms with Crippen LogP contribution in [0.4, 0.5) is 0 Å². The summed E-state index contributed by atoms with van der Waals surface area (Å²) in [7, 11) is 1.76. The van der Waals surface area contributed by atoms with Crippen LogP contribution in [0.5, 0.6) is 0 Å². The fourth-order valence-electron chi connectivity index (χ4n) is 1.78. The number of hydrogen-bond donors (Lipinski definition) is 1. The van der Waals surface area contributed by atoms with Gasteiger partial charge in [0.05, 0.1) is 0 Å². The molecule has 0 bridgehead atoms. The highest BCUT2D eigenvalue weighted by molar-refractivity contribution is 9.10. The second kappa shape index (κ2) is 4.14. The minimum absolute atomic E-state index is 0.277. The third-order valence-corrected chi connectivity index (χ3v) is 3.20. The van der Waals surface area contributed by atoms with Crippen molar-refractivity contribution in [3.63, 3.8) is 0 Å². The molecule has 0 spiro atoms. The molecule has 0 aliphatic carbocycles. The Kier molecular flexibility index (Phi) is 2.94. The van der Waals surface area contributed by atoms with Crippen molar-refractivity contribution in [2.45, 2.75) is 20.4 Å². The summed E-state index contributed by atoms with van der Waals surface area (Å²) in [5.41, 5.74) is -0.0306. The van der Waals surface area contributed by atoms with Crippen LogP contribution in [0.2, 0.25) is 0 Å². The average Bonchev–Trinajstić information content (AvgIpc) is 2.51. The summed E-state index contributed by atoms with van der Waals surface area (Å²) in [6.07, 6.45) is 0. The average molecular weight is 301 g/mol. The van der Waals surface area contributed by atoms with Crippen molar-refractivity contribution in [3.8, 4) is 0 Å². The number of fused-ring (bicyclic) bond motifs is 1. The summed E-state index contributed by atoms with van der Waals surface area (Å²) in [5.74, 6) is 0.301. The van der Waals surface area contributed by atoms with Crippen LogP contribution in [-0.4, -0.2) is 19.1 Å². The summed E-state index contributed by atoms with van der Waals surface area (Å²) in [6, 6.07) is 0. The number of nitrogens with one attached hydrogen (secondary N) is 1. The molecule has 0 fully saturated rings. The Bertz CT molecular complexity index is 680. The number of halogens is 1. The highest BCUT2D eigenvalue weighted by Crippen LogP contribution is 2.15. The molecule has 6 nitrogen and oxygen atoms in total. The first-order chi connectivity index (χ1) is 7.91. The van der Waals surface area contributed by atoms with Gasteiger partial charge in [-0.05, 0) is 21.8 Å². The molecule has 1 N–H and O–H groups in total. The molecule has 92 valence electrons.